The van der Waals surface area contributed by atoms with Crippen LogP contribution in [0.2, 0.25) is 0 Å². The van der Waals surface area contributed by atoms with Gasteiger partial charge in [0, 0.05) is 31.0 Å². The molecule has 0 saturated carbocycles. The van der Waals surface area contributed by atoms with Gasteiger partial charge in [-0.25, -0.2) is 0 Å². The summed E-state index contributed by atoms with van der Waals surface area (Å²) in [5.41, 5.74) is -0.282. The molecule has 92 valence electrons. The Bertz CT molecular complexity index is 283. The van der Waals surface area contributed by atoms with E-state index in [1.54, 1.807) is 0 Å². The molecule has 1 atom stereocenters. The highest BCUT2D eigenvalue weighted by Gasteiger charge is 2.30. The highest BCUT2D eigenvalue weighted by atomic mass is 16.3. The lowest BCUT2D eigenvalue weighted by molar-refractivity contribution is -0.133. The summed E-state index contributed by atoms with van der Waals surface area (Å²) in [4.78, 5) is 24.6. The topological polar surface area (TPSA) is 69.6 Å². The summed E-state index contributed by atoms with van der Waals surface area (Å²) in [6, 6.07) is 0. The molecule has 0 aromatic carbocycles. The highest BCUT2D eigenvalue weighted by molar-refractivity contribution is 5.86. The number of amides is 2. The van der Waals surface area contributed by atoms with Crippen LogP contribution < -0.4 is 5.32 Å². The quantitative estimate of drug-likeness (QED) is 0.699. The number of hydrogen-bond donors (Lipinski definition) is 2. The number of aliphatic hydroxyl groups excluding tert-OH is 1. The van der Waals surface area contributed by atoms with Gasteiger partial charge in [0.15, 0.2) is 0 Å². The maximum atomic E-state index is 11.6. The zero-order valence-electron chi connectivity index (χ0n) is 10.1. The average Bonchev–Trinajstić information content (AvgIpc) is 2.44. The lowest BCUT2D eigenvalue weighted by atomic mass is 10.1. The Labute approximate surface area is 95.8 Å². The smallest absolute Gasteiger partial charge is 0.240 e. The van der Waals surface area contributed by atoms with Gasteiger partial charge in [-0.2, -0.15) is 0 Å². The molecule has 0 aliphatic carbocycles. The predicted octanol–water partition coefficient (Wildman–Crippen LogP) is -0.258. The third-order valence-electron chi connectivity index (χ3n) is 2.40. The van der Waals surface area contributed by atoms with Gasteiger partial charge in [-0.15, -0.1) is 0 Å². The van der Waals surface area contributed by atoms with Crippen molar-refractivity contribution in [2.75, 3.05) is 19.7 Å². The summed E-state index contributed by atoms with van der Waals surface area (Å²) in [5.74, 6) is -0.225. The Morgan fingerprint density at radius 2 is 2.19 bits per heavy atom. The van der Waals surface area contributed by atoms with Crippen LogP contribution in [-0.2, 0) is 9.59 Å². The fraction of sp³-hybridized carbons (Fsp3) is 0.818. The van der Waals surface area contributed by atoms with Gasteiger partial charge in [0.05, 0.1) is 6.54 Å². The van der Waals surface area contributed by atoms with E-state index in [4.69, 9.17) is 5.11 Å². The Morgan fingerprint density at radius 1 is 1.56 bits per heavy atom. The van der Waals surface area contributed by atoms with Crippen LogP contribution in [0.5, 0.6) is 0 Å². The highest BCUT2D eigenvalue weighted by Crippen LogP contribution is 2.16. The van der Waals surface area contributed by atoms with E-state index in [9.17, 15) is 9.59 Å². The second-order valence-corrected chi connectivity index (χ2v) is 5.33. The second kappa shape index (κ2) is 4.82. The Morgan fingerprint density at radius 3 is 2.62 bits per heavy atom. The molecule has 0 aromatic heterocycles. The molecule has 0 aromatic rings. The van der Waals surface area contributed by atoms with Crippen LogP contribution in [0.4, 0.5) is 0 Å². The van der Waals surface area contributed by atoms with Gasteiger partial charge < -0.3 is 15.3 Å². The summed E-state index contributed by atoms with van der Waals surface area (Å²) in [5, 5.41) is 11.7. The van der Waals surface area contributed by atoms with Crippen LogP contribution in [0.3, 0.4) is 0 Å². The molecule has 1 saturated heterocycles. The molecule has 1 unspecified atom stereocenters. The molecule has 0 spiro atoms. The van der Waals surface area contributed by atoms with E-state index in [1.165, 1.54) is 4.90 Å². The number of hydrogen-bond acceptors (Lipinski definition) is 3. The van der Waals surface area contributed by atoms with Crippen molar-refractivity contribution in [3.05, 3.63) is 0 Å². The van der Waals surface area contributed by atoms with Gasteiger partial charge in [-0.05, 0) is 20.8 Å². The van der Waals surface area contributed by atoms with Gasteiger partial charge >= 0.3 is 0 Å². The minimum atomic E-state index is -0.282. The van der Waals surface area contributed by atoms with Gasteiger partial charge in [-0.3, -0.25) is 9.59 Å². The van der Waals surface area contributed by atoms with E-state index in [-0.39, 0.29) is 36.4 Å². The zero-order chi connectivity index (χ0) is 12.3. The summed E-state index contributed by atoms with van der Waals surface area (Å²) in [7, 11) is 0. The first-order valence-electron chi connectivity index (χ1n) is 5.51. The SMILES string of the molecule is CC(C)(C)NC(=O)CN1CC(CO)CC1=O. The largest absolute Gasteiger partial charge is 0.396 e. The van der Waals surface area contributed by atoms with Crippen molar-refractivity contribution in [1.29, 1.82) is 0 Å². The lowest BCUT2D eigenvalue weighted by Crippen LogP contribution is -2.46. The van der Waals surface area contributed by atoms with Crippen molar-refractivity contribution in [3.63, 3.8) is 0 Å². The van der Waals surface area contributed by atoms with Crippen molar-refractivity contribution >= 4 is 11.8 Å². The molecule has 5 heteroatoms. The molecule has 5 nitrogen and oxygen atoms in total. The van der Waals surface area contributed by atoms with Gasteiger partial charge in [-0.1, -0.05) is 0 Å². The van der Waals surface area contributed by atoms with E-state index in [2.05, 4.69) is 5.32 Å². The monoisotopic (exact) mass is 228 g/mol. The molecule has 0 bridgehead atoms. The standard InChI is InChI=1S/C11H20N2O3/c1-11(2,3)12-9(15)6-13-5-8(7-14)4-10(13)16/h8,14H,4-7H2,1-3H3,(H,12,15). The molecule has 1 aliphatic heterocycles. The number of carbonyl (C=O) groups is 2. The summed E-state index contributed by atoms with van der Waals surface area (Å²) in [6.45, 7) is 6.26. The summed E-state index contributed by atoms with van der Waals surface area (Å²) >= 11 is 0. The fourth-order valence-corrected chi connectivity index (χ4v) is 1.76. The molecule has 1 aliphatic rings. The van der Waals surface area contributed by atoms with E-state index in [0.717, 1.165) is 0 Å². The number of carbonyl (C=O) groups excluding carboxylic acids is 2. The number of nitrogens with one attached hydrogen (secondary N) is 1. The molecule has 0 radical (unpaired) electrons. The van der Waals surface area contributed by atoms with E-state index < -0.39 is 0 Å². The predicted molar refractivity (Wildman–Crippen MR) is 59.7 cm³/mol. The number of nitrogens with zero attached hydrogens (tertiary/aromatic N) is 1. The molecular formula is C11H20N2O3. The Hall–Kier alpha value is -1.10. The van der Waals surface area contributed by atoms with Crippen molar-refractivity contribution in [3.8, 4) is 0 Å². The first-order chi connectivity index (χ1) is 7.31. The van der Waals surface area contributed by atoms with Crippen molar-refractivity contribution in [2.45, 2.75) is 32.7 Å². The maximum Gasteiger partial charge on any atom is 0.240 e. The second-order valence-electron chi connectivity index (χ2n) is 5.33. The summed E-state index contributed by atoms with van der Waals surface area (Å²) in [6.07, 6.45) is 0.347. The Balaban J connectivity index is 2.43. The van der Waals surface area contributed by atoms with Crippen LogP contribution in [0.15, 0.2) is 0 Å². The molecule has 2 amide bonds. The van der Waals surface area contributed by atoms with Crippen molar-refractivity contribution in [2.24, 2.45) is 5.92 Å². The maximum absolute atomic E-state index is 11.6. The van der Waals surface area contributed by atoms with Crippen LogP contribution in [-0.4, -0.2) is 47.1 Å². The van der Waals surface area contributed by atoms with Crippen LogP contribution >= 0.6 is 0 Å². The van der Waals surface area contributed by atoms with Crippen LogP contribution in [0, 0.1) is 5.92 Å². The third kappa shape index (κ3) is 3.81. The number of aliphatic hydroxyl groups is 1. The van der Waals surface area contributed by atoms with Gasteiger partial charge in [0.25, 0.3) is 0 Å². The molecule has 1 heterocycles. The normalized spacial score (nSPS) is 21.4. The zero-order valence-corrected chi connectivity index (χ0v) is 10.1. The third-order valence-corrected chi connectivity index (χ3v) is 2.40. The van der Waals surface area contributed by atoms with Crippen LogP contribution in [0.25, 0.3) is 0 Å². The Kier molecular flexibility index (Phi) is 3.91. The summed E-state index contributed by atoms with van der Waals surface area (Å²) < 4.78 is 0. The molecule has 16 heavy (non-hydrogen) atoms. The number of likely N-dealkylation sites (tertiary alicyclic amines) is 1. The lowest BCUT2D eigenvalue weighted by Gasteiger charge is -2.23. The van der Waals surface area contributed by atoms with Crippen LogP contribution in [0.1, 0.15) is 27.2 Å². The number of rotatable bonds is 3. The van der Waals surface area contributed by atoms with Gasteiger partial charge in [0.1, 0.15) is 0 Å². The molecule has 1 fully saturated rings. The molecular weight excluding hydrogens is 208 g/mol. The fourth-order valence-electron chi connectivity index (χ4n) is 1.76. The minimum absolute atomic E-state index is 0.00311. The van der Waals surface area contributed by atoms with Crippen molar-refractivity contribution < 1.29 is 14.7 Å². The van der Waals surface area contributed by atoms with E-state index in [1.807, 2.05) is 20.8 Å². The molecule has 2 N–H and O–H groups in total. The first kappa shape index (κ1) is 13.0. The molecule has 1 rings (SSSR count). The van der Waals surface area contributed by atoms with Crippen molar-refractivity contribution in [1.82, 2.24) is 10.2 Å². The minimum Gasteiger partial charge on any atom is -0.396 e. The first-order valence-corrected chi connectivity index (χ1v) is 5.51. The average molecular weight is 228 g/mol. The van der Waals surface area contributed by atoms with E-state index >= 15 is 0 Å². The van der Waals surface area contributed by atoms with Gasteiger partial charge in [0.2, 0.25) is 11.8 Å². The van der Waals surface area contributed by atoms with E-state index in [0.29, 0.717) is 13.0 Å².